The highest BCUT2D eigenvalue weighted by molar-refractivity contribution is 6.31. The third kappa shape index (κ3) is 3.59. The molecule has 1 aliphatic rings. The second kappa shape index (κ2) is 7.11. The number of nitrogens with one attached hydrogen (secondary N) is 1. The normalized spacial score (nSPS) is 15.9. The number of nitrogens with zero attached hydrogens (tertiary/aromatic N) is 2. The number of anilines is 1. The highest BCUT2D eigenvalue weighted by atomic mass is 35.5. The van der Waals surface area contributed by atoms with Crippen molar-refractivity contribution in [3.63, 3.8) is 0 Å². The summed E-state index contributed by atoms with van der Waals surface area (Å²) in [7, 11) is 0. The Morgan fingerprint density at radius 1 is 1.32 bits per heavy atom. The molecule has 2 heterocycles. The van der Waals surface area contributed by atoms with Crippen LogP contribution in [0, 0.1) is 0 Å². The van der Waals surface area contributed by atoms with Crippen molar-refractivity contribution in [3.05, 3.63) is 40.5 Å². The summed E-state index contributed by atoms with van der Waals surface area (Å²) in [6.45, 7) is 4.14. The van der Waals surface area contributed by atoms with Gasteiger partial charge in [-0.3, -0.25) is 0 Å². The maximum atomic E-state index is 6.22. The Kier molecular flexibility index (Phi) is 4.95. The van der Waals surface area contributed by atoms with Gasteiger partial charge in [-0.1, -0.05) is 29.7 Å². The molecule has 118 valence electrons. The summed E-state index contributed by atoms with van der Waals surface area (Å²) >= 11 is 6.22. The average Bonchev–Trinajstić information content (AvgIpc) is 3.03. The van der Waals surface area contributed by atoms with Crippen LogP contribution in [-0.4, -0.2) is 23.4 Å². The van der Waals surface area contributed by atoms with Crippen molar-refractivity contribution in [2.24, 2.45) is 0 Å². The molecule has 0 aliphatic carbocycles. The third-order valence-corrected chi connectivity index (χ3v) is 4.29. The lowest BCUT2D eigenvalue weighted by atomic mass is 10.0. The first kappa shape index (κ1) is 15.3. The molecular weight excluding hydrogens is 302 g/mol. The third-order valence-electron chi connectivity index (χ3n) is 3.94. The fourth-order valence-electron chi connectivity index (χ4n) is 2.57. The number of hydrogen-bond acceptors (Lipinski definition) is 5. The zero-order valence-electron chi connectivity index (χ0n) is 12.6. The molecule has 2 aromatic rings. The molecule has 0 unspecified atom stereocenters. The summed E-state index contributed by atoms with van der Waals surface area (Å²) in [5.74, 6) is 1.71. The first-order valence-electron chi connectivity index (χ1n) is 7.68. The molecule has 0 amide bonds. The largest absolute Gasteiger partial charge is 0.381 e. The van der Waals surface area contributed by atoms with Crippen LogP contribution >= 0.6 is 11.6 Å². The van der Waals surface area contributed by atoms with E-state index in [1.165, 1.54) is 0 Å². The van der Waals surface area contributed by atoms with Crippen LogP contribution in [0.5, 0.6) is 0 Å². The predicted octanol–water partition coefficient (Wildman–Crippen LogP) is 3.79. The molecule has 1 aromatic heterocycles. The van der Waals surface area contributed by atoms with Crippen LogP contribution in [0.1, 0.15) is 43.0 Å². The van der Waals surface area contributed by atoms with Gasteiger partial charge in [-0.15, -0.1) is 0 Å². The van der Waals surface area contributed by atoms with Crippen LogP contribution in [0.15, 0.2) is 22.7 Å². The Bertz CT molecular complexity index is 624. The number of hydrogen-bond donors (Lipinski definition) is 1. The van der Waals surface area contributed by atoms with Crippen molar-refractivity contribution in [2.45, 2.75) is 38.6 Å². The Hall–Kier alpha value is -1.59. The van der Waals surface area contributed by atoms with Crippen LogP contribution in [0.4, 0.5) is 5.69 Å². The molecular formula is C16H20ClN3O2. The predicted molar refractivity (Wildman–Crippen MR) is 85.2 cm³/mol. The van der Waals surface area contributed by atoms with Crippen molar-refractivity contribution in [1.29, 1.82) is 0 Å². The molecule has 0 bridgehead atoms. The monoisotopic (exact) mass is 321 g/mol. The van der Waals surface area contributed by atoms with E-state index in [0.717, 1.165) is 54.6 Å². The smallest absolute Gasteiger partial charge is 0.229 e. The highest BCUT2D eigenvalue weighted by Crippen LogP contribution is 2.25. The van der Waals surface area contributed by atoms with Gasteiger partial charge in [0.1, 0.15) is 0 Å². The first-order chi connectivity index (χ1) is 10.8. The zero-order valence-corrected chi connectivity index (χ0v) is 13.4. The number of aryl methyl sites for hydroxylation is 1. The SMILES string of the molecule is CCc1ccc(NCc2noc(C3CCOCC3)n2)cc1Cl. The second-order valence-corrected chi connectivity index (χ2v) is 5.86. The first-order valence-corrected chi connectivity index (χ1v) is 8.06. The molecule has 6 heteroatoms. The maximum absolute atomic E-state index is 6.22. The van der Waals surface area contributed by atoms with E-state index in [4.69, 9.17) is 20.9 Å². The van der Waals surface area contributed by atoms with Crippen molar-refractivity contribution in [3.8, 4) is 0 Å². The topological polar surface area (TPSA) is 60.2 Å². The van der Waals surface area contributed by atoms with Gasteiger partial charge < -0.3 is 14.6 Å². The molecule has 1 fully saturated rings. The summed E-state index contributed by atoms with van der Waals surface area (Å²) in [6, 6.07) is 5.98. The fraction of sp³-hybridized carbons (Fsp3) is 0.500. The van der Waals surface area contributed by atoms with E-state index in [0.29, 0.717) is 18.3 Å². The van der Waals surface area contributed by atoms with E-state index in [1.807, 2.05) is 18.2 Å². The Morgan fingerprint density at radius 2 is 2.14 bits per heavy atom. The van der Waals surface area contributed by atoms with Crippen molar-refractivity contribution >= 4 is 17.3 Å². The maximum Gasteiger partial charge on any atom is 0.229 e. The molecule has 1 aliphatic heterocycles. The summed E-state index contributed by atoms with van der Waals surface area (Å²) < 4.78 is 10.7. The van der Waals surface area contributed by atoms with Gasteiger partial charge >= 0.3 is 0 Å². The van der Waals surface area contributed by atoms with Gasteiger partial charge in [0.15, 0.2) is 5.82 Å². The van der Waals surface area contributed by atoms with E-state index in [9.17, 15) is 0 Å². The van der Waals surface area contributed by atoms with Gasteiger partial charge in [-0.25, -0.2) is 0 Å². The fourth-order valence-corrected chi connectivity index (χ4v) is 2.89. The number of aromatic nitrogens is 2. The molecule has 1 saturated heterocycles. The van der Waals surface area contributed by atoms with Crippen molar-refractivity contribution in [1.82, 2.24) is 10.1 Å². The van der Waals surface area contributed by atoms with Gasteiger partial charge in [-0.05, 0) is 37.0 Å². The molecule has 1 N–H and O–H groups in total. The molecule has 22 heavy (non-hydrogen) atoms. The molecule has 0 radical (unpaired) electrons. The van der Waals surface area contributed by atoms with Gasteiger partial charge in [0, 0.05) is 29.8 Å². The molecule has 1 aromatic carbocycles. The van der Waals surface area contributed by atoms with E-state index in [1.54, 1.807) is 0 Å². The van der Waals surface area contributed by atoms with E-state index in [-0.39, 0.29) is 0 Å². The Balaban J connectivity index is 1.59. The average molecular weight is 322 g/mol. The number of rotatable bonds is 5. The highest BCUT2D eigenvalue weighted by Gasteiger charge is 2.21. The minimum atomic E-state index is 0.327. The number of halogens is 1. The summed E-state index contributed by atoms with van der Waals surface area (Å²) in [5.41, 5.74) is 2.10. The van der Waals surface area contributed by atoms with Crippen LogP contribution in [0.3, 0.4) is 0 Å². The minimum absolute atomic E-state index is 0.327. The standard InChI is InChI=1S/C16H20ClN3O2/c1-2-11-3-4-13(9-14(11)17)18-10-15-19-16(22-20-15)12-5-7-21-8-6-12/h3-4,9,12,18H,2,5-8,10H2,1H3. The van der Waals surface area contributed by atoms with Crippen LogP contribution in [0.2, 0.25) is 5.02 Å². The molecule has 5 nitrogen and oxygen atoms in total. The lowest BCUT2D eigenvalue weighted by Gasteiger charge is -2.17. The van der Waals surface area contributed by atoms with Crippen LogP contribution in [0.25, 0.3) is 0 Å². The summed E-state index contributed by atoms with van der Waals surface area (Å²) in [5, 5.41) is 8.10. The number of ether oxygens (including phenoxy) is 1. The van der Waals surface area contributed by atoms with E-state index < -0.39 is 0 Å². The summed E-state index contributed by atoms with van der Waals surface area (Å²) in [6.07, 6.45) is 2.82. The summed E-state index contributed by atoms with van der Waals surface area (Å²) in [4.78, 5) is 4.48. The molecule has 0 spiro atoms. The lowest BCUT2D eigenvalue weighted by molar-refractivity contribution is 0.0778. The van der Waals surface area contributed by atoms with Gasteiger partial charge in [0.25, 0.3) is 0 Å². The molecule has 0 saturated carbocycles. The van der Waals surface area contributed by atoms with Gasteiger partial charge in [-0.2, -0.15) is 4.98 Å². The van der Waals surface area contributed by atoms with Crippen LogP contribution in [-0.2, 0) is 17.7 Å². The number of benzene rings is 1. The Labute approximate surface area is 135 Å². The quantitative estimate of drug-likeness (QED) is 0.907. The van der Waals surface area contributed by atoms with Gasteiger partial charge in [0.05, 0.1) is 6.54 Å². The Morgan fingerprint density at radius 3 is 2.86 bits per heavy atom. The molecule has 0 atom stereocenters. The second-order valence-electron chi connectivity index (χ2n) is 5.45. The lowest BCUT2D eigenvalue weighted by Crippen LogP contribution is -2.14. The minimum Gasteiger partial charge on any atom is -0.381 e. The van der Waals surface area contributed by atoms with E-state index >= 15 is 0 Å². The van der Waals surface area contributed by atoms with Crippen LogP contribution < -0.4 is 5.32 Å². The zero-order chi connectivity index (χ0) is 15.4. The van der Waals surface area contributed by atoms with Crippen molar-refractivity contribution < 1.29 is 9.26 Å². The van der Waals surface area contributed by atoms with E-state index in [2.05, 4.69) is 22.4 Å². The van der Waals surface area contributed by atoms with Crippen molar-refractivity contribution in [2.75, 3.05) is 18.5 Å². The molecule has 3 rings (SSSR count). The van der Waals surface area contributed by atoms with Gasteiger partial charge in [0.2, 0.25) is 5.89 Å².